The van der Waals surface area contributed by atoms with Crippen molar-refractivity contribution in [2.45, 2.75) is 10.1 Å². The van der Waals surface area contributed by atoms with Gasteiger partial charge in [0.2, 0.25) is 0 Å². The molecule has 2 rings (SSSR count). The largest absolute Gasteiger partial charge is 0.248 e. The van der Waals surface area contributed by atoms with Crippen molar-refractivity contribution >= 4 is 21.6 Å². The zero-order chi connectivity index (χ0) is 12.8. The number of aromatic nitrogens is 2. The zero-order valence-electron chi connectivity index (χ0n) is 9.07. The molecule has 0 atom stereocenters. The molecule has 2 heterocycles. The lowest BCUT2D eigenvalue weighted by Gasteiger charge is -1.99. The van der Waals surface area contributed by atoms with Crippen LogP contribution in [0.5, 0.6) is 0 Å². The van der Waals surface area contributed by atoms with Gasteiger partial charge in [0.05, 0.1) is 11.1 Å². The number of hydrogen-bond acceptors (Lipinski definition) is 6. The van der Waals surface area contributed by atoms with Gasteiger partial charge in [-0.25, -0.2) is 9.97 Å². The molecule has 0 spiro atoms. The average molecular weight is 270 g/mol. The van der Waals surface area contributed by atoms with Gasteiger partial charge < -0.3 is 0 Å². The molecule has 4 nitrogen and oxygen atoms in total. The normalized spacial score (nSPS) is 9.44. The molecule has 0 saturated heterocycles. The lowest BCUT2D eigenvalue weighted by molar-refractivity contribution is 1.12. The molecule has 0 saturated carbocycles. The van der Waals surface area contributed by atoms with Gasteiger partial charge in [-0.15, -0.1) is 0 Å². The second-order valence-corrected chi connectivity index (χ2v) is 5.33. The summed E-state index contributed by atoms with van der Waals surface area (Å²) >= 11 is 0. The molecular weight excluding hydrogens is 264 g/mol. The number of rotatable bonds is 3. The van der Waals surface area contributed by atoms with E-state index in [-0.39, 0.29) is 0 Å². The molecule has 0 unspecified atom stereocenters. The Bertz CT molecular complexity index is 551. The molecule has 0 radical (unpaired) electrons. The minimum Gasteiger partial charge on any atom is -0.248 e. The van der Waals surface area contributed by atoms with Crippen molar-refractivity contribution in [2.24, 2.45) is 0 Å². The Morgan fingerprint density at radius 1 is 0.778 bits per heavy atom. The van der Waals surface area contributed by atoms with Gasteiger partial charge in [-0.2, -0.15) is 10.5 Å². The number of hydrogen-bond donors (Lipinski definition) is 0. The van der Waals surface area contributed by atoms with E-state index in [1.54, 1.807) is 24.3 Å². The van der Waals surface area contributed by atoms with Crippen molar-refractivity contribution in [3.05, 3.63) is 47.8 Å². The van der Waals surface area contributed by atoms with Gasteiger partial charge in [0.1, 0.15) is 22.2 Å². The number of pyridine rings is 2. The number of nitriles is 2. The van der Waals surface area contributed by atoms with E-state index in [2.05, 4.69) is 9.97 Å². The maximum absolute atomic E-state index is 8.65. The van der Waals surface area contributed by atoms with Crippen LogP contribution in [0.3, 0.4) is 0 Å². The van der Waals surface area contributed by atoms with E-state index >= 15 is 0 Å². The summed E-state index contributed by atoms with van der Waals surface area (Å²) in [6, 6.07) is 11.1. The van der Waals surface area contributed by atoms with Crippen LogP contribution in [0.1, 0.15) is 11.1 Å². The van der Waals surface area contributed by atoms with Gasteiger partial charge in [0, 0.05) is 12.4 Å². The van der Waals surface area contributed by atoms with Crippen LogP contribution < -0.4 is 0 Å². The second-order valence-electron chi connectivity index (χ2n) is 3.16. The Balaban J connectivity index is 1.98. The van der Waals surface area contributed by atoms with E-state index in [9.17, 15) is 0 Å². The van der Waals surface area contributed by atoms with Gasteiger partial charge in [-0.05, 0) is 45.9 Å². The predicted molar refractivity (Wildman–Crippen MR) is 69.6 cm³/mol. The molecule has 0 aliphatic rings. The fourth-order valence-corrected chi connectivity index (χ4v) is 2.79. The first-order valence-electron chi connectivity index (χ1n) is 4.88. The van der Waals surface area contributed by atoms with Gasteiger partial charge in [0.25, 0.3) is 0 Å². The minimum atomic E-state index is 0.542. The molecule has 2 aromatic heterocycles. The van der Waals surface area contributed by atoms with E-state index < -0.39 is 0 Å². The van der Waals surface area contributed by atoms with Crippen molar-refractivity contribution in [1.82, 2.24) is 9.97 Å². The Hall–Kier alpha value is -2.02. The Morgan fingerprint density at radius 3 is 1.50 bits per heavy atom. The topological polar surface area (TPSA) is 73.4 Å². The molecule has 0 amide bonds. The lowest BCUT2D eigenvalue weighted by Crippen LogP contribution is -1.81. The van der Waals surface area contributed by atoms with E-state index in [1.165, 1.54) is 34.0 Å². The molecule has 0 fully saturated rings. The summed E-state index contributed by atoms with van der Waals surface area (Å²) in [5, 5.41) is 18.9. The first-order chi connectivity index (χ1) is 8.81. The molecule has 0 aromatic carbocycles. The third-order valence-electron chi connectivity index (χ3n) is 1.94. The van der Waals surface area contributed by atoms with Crippen LogP contribution in [0.4, 0.5) is 0 Å². The summed E-state index contributed by atoms with van der Waals surface area (Å²) in [5.41, 5.74) is 1.08. The second kappa shape index (κ2) is 6.06. The monoisotopic (exact) mass is 270 g/mol. The highest BCUT2D eigenvalue weighted by atomic mass is 33.1. The average Bonchev–Trinajstić information content (AvgIpc) is 2.46. The smallest absolute Gasteiger partial charge is 0.107 e. The summed E-state index contributed by atoms with van der Waals surface area (Å²) in [7, 11) is 2.91. The van der Waals surface area contributed by atoms with Crippen LogP contribution in [-0.2, 0) is 0 Å². The molecule has 0 aliphatic heterocycles. The highest BCUT2D eigenvalue weighted by Gasteiger charge is 2.01. The maximum atomic E-state index is 8.65. The van der Waals surface area contributed by atoms with Gasteiger partial charge in [-0.3, -0.25) is 0 Å². The van der Waals surface area contributed by atoms with Crippen molar-refractivity contribution in [3.8, 4) is 12.1 Å². The first-order valence-corrected chi connectivity index (χ1v) is 7.03. The number of nitrogens with zero attached hydrogens (tertiary/aromatic N) is 4. The fourth-order valence-electron chi connectivity index (χ4n) is 1.08. The van der Waals surface area contributed by atoms with Gasteiger partial charge in [-0.1, -0.05) is 0 Å². The first kappa shape index (κ1) is 12.4. The van der Waals surface area contributed by atoms with Crippen molar-refractivity contribution in [1.29, 1.82) is 10.5 Å². The van der Waals surface area contributed by atoms with E-state index in [1.807, 2.05) is 12.1 Å². The van der Waals surface area contributed by atoms with E-state index in [4.69, 9.17) is 10.5 Å². The summed E-state index contributed by atoms with van der Waals surface area (Å²) in [5.74, 6) is 0. The van der Waals surface area contributed by atoms with E-state index in [0.29, 0.717) is 11.1 Å². The van der Waals surface area contributed by atoms with Crippen LogP contribution in [-0.4, -0.2) is 9.97 Å². The molecule has 2 aromatic rings. The highest BCUT2D eigenvalue weighted by Crippen LogP contribution is 2.34. The van der Waals surface area contributed by atoms with Crippen molar-refractivity contribution in [3.63, 3.8) is 0 Å². The third-order valence-corrected chi connectivity index (χ3v) is 4.13. The van der Waals surface area contributed by atoms with Crippen molar-refractivity contribution < 1.29 is 0 Å². The molecule has 86 valence electrons. The molecular formula is C12H6N4S2. The molecule has 18 heavy (non-hydrogen) atoms. The van der Waals surface area contributed by atoms with Crippen LogP contribution in [0, 0.1) is 22.7 Å². The molecule has 6 heteroatoms. The van der Waals surface area contributed by atoms with Gasteiger partial charge >= 0.3 is 0 Å². The molecule has 0 N–H and O–H groups in total. The standard InChI is InChI=1S/C12H6N4S2/c13-5-9-1-3-11(15-7-9)17-18-12-4-2-10(6-14)8-16-12/h1-4,7-8H. The van der Waals surface area contributed by atoms with Crippen molar-refractivity contribution in [2.75, 3.05) is 0 Å². The maximum Gasteiger partial charge on any atom is 0.107 e. The summed E-state index contributed by atoms with van der Waals surface area (Å²) in [4.78, 5) is 8.28. The van der Waals surface area contributed by atoms with Crippen LogP contribution in [0.2, 0.25) is 0 Å². The Morgan fingerprint density at radius 2 is 1.22 bits per heavy atom. The molecule has 0 aliphatic carbocycles. The van der Waals surface area contributed by atoms with Crippen LogP contribution in [0.15, 0.2) is 46.7 Å². The van der Waals surface area contributed by atoms with Crippen LogP contribution in [0.25, 0.3) is 0 Å². The summed E-state index contributed by atoms with van der Waals surface area (Å²) < 4.78 is 0. The summed E-state index contributed by atoms with van der Waals surface area (Å²) in [6.45, 7) is 0. The zero-order valence-corrected chi connectivity index (χ0v) is 10.7. The predicted octanol–water partition coefficient (Wildman–Crippen LogP) is 3.02. The third kappa shape index (κ3) is 3.24. The lowest BCUT2D eigenvalue weighted by atomic mass is 10.3. The Labute approximate surface area is 112 Å². The fraction of sp³-hybridized carbons (Fsp3) is 0. The van der Waals surface area contributed by atoms with E-state index in [0.717, 1.165) is 10.1 Å². The van der Waals surface area contributed by atoms with Gasteiger partial charge in [0.15, 0.2) is 0 Å². The quantitative estimate of drug-likeness (QED) is 0.798. The summed E-state index contributed by atoms with van der Waals surface area (Å²) in [6.07, 6.45) is 3.07. The Kier molecular flexibility index (Phi) is 4.19. The minimum absolute atomic E-state index is 0.542. The highest BCUT2D eigenvalue weighted by molar-refractivity contribution is 8.76. The molecule has 0 bridgehead atoms. The van der Waals surface area contributed by atoms with Crippen LogP contribution >= 0.6 is 21.6 Å². The SMILES string of the molecule is N#Cc1ccc(SSc2ccc(C#N)cn2)nc1.